The van der Waals surface area contributed by atoms with Gasteiger partial charge in [0.05, 0.1) is 12.2 Å². The third kappa shape index (κ3) is 5.01. The van der Waals surface area contributed by atoms with Crippen molar-refractivity contribution in [2.75, 3.05) is 5.32 Å². The lowest BCUT2D eigenvalue weighted by Gasteiger charge is -2.07. The molecular formula is C20H20N4O3. The second kappa shape index (κ2) is 8.75. The second-order valence-electron chi connectivity index (χ2n) is 5.96. The third-order valence-electron chi connectivity index (χ3n) is 3.80. The van der Waals surface area contributed by atoms with Crippen molar-refractivity contribution in [1.82, 2.24) is 15.5 Å². The number of benzene rings is 1. The molecule has 0 atom stereocenters. The van der Waals surface area contributed by atoms with E-state index in [1.54, 1.807) is 36.5 Å². The van der Waals surface area contributed by atoms with Crippen molar-refractivity contribution < 1.29 is 14.1 Å². The van der Waals surface area contributed by atoms with Crippen molar-refractivity contribution in [2.45, 2.75) is 26.3 Å². The molecule has 1 aromatic carbocycles. The quantitative estimate of drug-likeness (QED) is 0.670. The first kappa shape index (κ1) is 18.3. The Labute approximate surface area is 156 Å². The first-order valence-electron chi connectivity index (χ1n) is 8.71. The number of rotatable bonds is 7. The Hall–Kier alpha value is -3.48. The normalized spacial score (nSPS) is 10.4. The summed E-state index contributed by atoms with van der Waals surface area (Å²) in [5.41, 5.74) is 2.36. The number of anilines is 1. The van der Waals surface area contributed by atoms with Gasteiger partial charge in [-0.1, -0.05) is 24.2 Å². The molecule has 0 radical (unpaired) electrons. The molecule has 2 amide bonds. The van der Waals surface area contributed by atoms with Crippen LogP contribution in [0.15, 0.2) is 59.3 Å². The number of carbonyl (C=O) groups is 2. The molecule has 3 aromatic rings. The van der Waals surface area contributed by atoms with Crippen LogP contribution in [0, 0.1) is 0 Å². The summed E-state index contributed by atoms with van der Waals surface area (Å²) >= 11 is 0. The summed E-state index contributed by atoms with van der Waals surface area (Å²) in [6.45, 7) is 2.14. The van der Waals surface area contributed by atoms with E-state index in [-0.39, 0.29) is 18.4 Å². The predicted molar refractivity (Wildman–Crippen MR) is 101 cm³/mol. The Kier molecular flexibility index (Phi) is 5.94. The summed E-state index contributed by atoms with van der Waals surface area (Å²) in [5.74, 6) is 0.188. The minimum absolute atomic E-state index is 0.0706. The average molecular weight is 364 g/mol. The molecule has 0 aliphatic rings. The molecule has 0 fully saturated rings. The van der Waals surface area contributed by atoms with E-state index in [4.69, 9.17) is 4.52 Å². The number of aromatic nitrogens is 2. The molecule has 27 heavy (non-hydrogen) atoms. The molecule has 0 aliphatic carbocycles. The van der Waals surface area contributed by atoms with E-state index in [1.807, 2.05) is 25.1 Å². The van der Waals surface area contributed by atoms with Gasteiger partial charge in [-0.3, -0.25) is 14.6 Å². The minimum Gasteiger partial charge on any atom is -0.359 e. The highest BCUT2D eigenvalue weighted by molar-refractivity contribution is 5.97. The highest BCUT2D eigenvalue weighted by Crippen LogP contribution is 2.16. The van der Waals surface area contributed by atoms with Gasteiger partial charge in [0.15, 0.2) is 5.76 Å². The van der Waals surface area contributed by atoms with Gasteiger partial charge in [0.2, 0.25) is 5.91 Å². The Morgan fingerprint density at radius 3 is 2.74 bits per heavy atom. The fourth-order valence-electron chi connectivity index (χ4n) is 2.49. The maximum absolute atomic E-state index is 12.4. The van der Waals surface area contributed by atoms with Crippen LogP contribution in [0.3, 0.4) is 0 Å². The smallest absolute Gasteiger partial charge is 0.251 e. The van der Waals surface area contributed by atoms with Crippen molar-refractivity contribution in [1.29, 1.82) is 0 Å². The number of amides is 2. The summed E-state index contributed by atoms with van der Waals surface area (Å²) in [4.78, 5) is 28.3. The van der Waals surface area contributed by atoms with E-state index in [0.29, 0.717) is 34.8 Å². The van der Waals surface area contributed by atoms with Gasteiger partial charge in [0, 0.05) is 29.9 Å². The van der Waals surface area contributed by atoms with Crippen LogP contribution >= 0.6 is 0 Å². The first-order valence-corrected chi connectivity index (χ1v) is 8.71. The van der Waals surface area contributed by atoms with E-state index in [2.05, 4.69) is 20.8 Å². The Morgan fingerprint density at radius 2 is 1.96 bits per heavy atom. The number of carbonyl (C=O) groups excluding carboxylic acids is 2. The van der Waals surface area contributed by atoms with Gasteiger partial charge < -0.3 is 15.2 Å². The van der Waals surface area contributed by atoms with Gasteiger partial charge in [0.1, 0.15) is 5.69 Å². The van der Waals surface area contributed by atoms with E-state index in [9.17, 15) is 9.59 Å². The molecule has 3 rings (SSSR count). The monoisotopic (exact) mass is 364 g/mol. The van der Waals surface area contributed by atoms with Crippen molar-refractivity contribution in [3.63, 3.8) is 0 Å². The van der Waals surface area contributed by atoms with E-state index < -0.39 is 0 Å². The zero-order valence-electron chi connectivity index (χ0n) is 14.9. The zero-order valence-corrected chi connectivity index (χ0v) is 14.9. The lowest BCUT2D eigenvalue weighted by atomic mass is 10.2. The van der Waals surface area contributed by atoms with E-state index in [0.717, 1.165) is 6.42 Å². The fourth-order valence-corrected chi connectivity index (χ4v) is 2.49. The van der Waals surface area contributed by atoms with Gasteiger partial charge in [-0.2, -0.15) is 0 Å². The summed E-state index contributed by atoms with van der Waals surface area (Å²) in [6.07, 6.45) is 2.89. The Balaban J connectivity index is 1.60. The van der Waals surface area contributed by atoms with Gasteiger partial charge in [-0.05, 0) is 36.8 Å². The largest absolute Gasteiger partial charge is 0.359 e. The molecule has 0 unspecified atom stereocenters. The van der Waals surface area contributed by atoms with E-state index >= 15 is 0 Å². The first-order chi connectivity index (χ1) is 13.2. The molecule has 138 valence electrons. The van der Waals surface area contributed by atoms with Crippen LogP contribution in [0.5, 0.6) is 0 Å². The molecule has 7 heteroatoms. The Bertz CT molecular complexity index is 922. The van der Waals surface area contributed by atoms with Gasteiger partial charge in [-0.25, -0.2) is 0 Å². The third-order valence-corrected chi connectivity index (χ3v) is 3.80. The number of hydrogen-bond acceptors (Lipinski definition) is 5. The van der Waals surface area contributed by atoms with Crippen molar-refractivity contribution in [2.24, 2.45) is 0 Å². The molecule has 0 spiro atoms. The molecule has 2 N–H and O–H groups in total. The summed E-state index contributed by atoms with van der Waals surface area (Å²) in [7, 11) is 0. The molecule has 0 aliphatic heterocycles. The SMILES string of the molecule is CCCC(=O)Nc1cccc(C(=O)NCc2cc(-c3ccccn3)no2)c1. The van der Waals surface area contributed by atoms with Crippen LogP contribution in [-0.2, 0) is 11.3 Å². The summed E-state index contributed by atoms with van der Waals surface area (Å²) in [6, 6.07) is 14.1. The molecule has 0 bridgehead atoms. The molecule has 7 nitrogen and oxygen atoms in total. The number of nitrogens with one attached hydrogen (secondary N) is 2. The molecular weight excluding hydrogens is 344 g/mol. The fraction of sp³-hybridized carbons (Fsp3) is 0.200. The molecule has 2 heterocycles. The maximum Gasteiger partial charge on any atom is 0.251 e. The number of hydrogen-bond donors (Lipinski definition) is 2. The van der Waals surface area contributed by atoms with Gasteiger partial charge >= 0.3 is 0 Å². The van der Waals surface area contributed by atoms with Crippen molar-refractivity contribution in [3.05, 3.63) is 66.1 Å². The van der Waals surface area contributed by atoms with Crippen LogP contribution in [0.2, 0.25) is 0 Å². The van der Waals surface area contributed by atoms with Crippen LogP contribution in [0.25, 0.3) is 11.4 Å². The summed E-state index contributed by atoms with van der Waals surface area (Å²) in [5, 5.41) is 9.52. The predicted octanol–water partition coefficient (Wildman–Crippen LogP) is 3.41. The highest BCUT2D eigenvalue weighted by Gasteiger charge is 2.11. The summed E-state index contributed by atoms with van der Waals surface area (Å²) < 4.78 is 5.25. The van der Waals surface area contributed by atoms with Crippen LogP contribution in [0.4, 0.5) is 5.69 Å². The minimum atomic E-state index is -0.266. The molecule has 0 saturated carbocycles. The topological polar surface area (TPSA) is 97.1 Å². The lowest BCUT2D eigenvalue weighted by Crippen LogP contribution is -2.22. The lowest BCUT2D eigenvalue weighted by molar-refractivity contribution is -0.116. The standard InChI is InChI=1S/C20H20N4O3/c1-2-6-19(25)23-15-8-5-7-14(11-15)20(26)22-13-16-12-18(24-27-16)17-9-3-4-10-21-17/h3-5,7-12H,2,6,13H2,1H3,(H,22,26)(H,23,25). The van der Waals surface area contributed by atoms with Crippen LogP contribution in [-0.4, -0.2) is 22.0 Å². The number of nitrogens with zero attached hydrogens (tertiary/aromatic N) is 2. The second-order valence-corrected chi connectivity index (χ2v) is 5.96. The molecule has 2 aromatic heterocycles. The zero-order chi connectivity index (χ0) is 19.1. The van der Waals surface area contributed by atoms with E-state index in [1.165, 1.54) is 0 Å². The van der Waals surface area contributed by atoms with Crippen LogP contribution in [0.1, 0.15) is 35.9 Å². The Morgan fingerprint density at radius 1 is 1.07 bits per heavy atom. The maximum atomic E-state index is 12.4. The van der Waals surface area contributed by atoms with Crippen LogP contribution < -0.4 is 10.6 Å². The van der Waals surface area contributed by atoms with Gasteiger partial charge in [-0.15, -0.1) is 0 Å². The number of pyridine rings is 1. The van der Waals surface area contributed by atoms with Crippen molar-refractivity contribution in [3.8, 4) is 11.4 Å². The van der Waals surface area contributed by atoms with Crippen molar-refractivity contribution >= 4 is 17.5 Å². The average Bonchev–Trinajstić information content (AvgIpc) is 3.16. The molecule has 0 saturated heterocycles. The highest BCUT2D eigenvalue weighted by atomic mass is 16.5. The van der Waals surface area contributed by atoms with Gasteiger partial charge in [0.25, 0.3) is 5.91 Å².